The molecule has 0 aromatic heterocycles. The van der Waals surface area contributed by atoms with Gasteiger partial charge < -0.3 is 5.32 Å². The summed E-state index contributed by atoms with van der Waals surface area (Å²) >= 11 is 0. The third-order valence-electron chi connectivity index (χ3n) is 4.82. The molecule has 1 aromatic rings. The van der Waals surface area contributed by atoms with Gasteiger partial charge in [0.2, 0.25) is 5.91 Å². The Morgan fingerprint density at radius 2 is 1.88 bits per heavy atom. The van der Waals surface area contributed by atoms with Crippen LogP contribution >= 0.6 is 0 Å². The molecular formula is C20H28N2O3. The Labute approximate surface area is 149 Å². The van der Waals surface area contributed by atoms with Gasteiger partial charge in [-0.25, -0.2) is 0 Å². The van der Waals surface area contributed by atoms with Crippen LogP contribution in [-0.4, -0.2) is 35.7 Å². The van der Waals surface area contributed by atoms with Gasteiger partial charge in [-0.3, -0.25) is 19.3 Å². The second kappa shape index (κ2) is 8.79. The van der Waals surface area contributed by atoms with E-state index in [0.29, 0.717) is 23.6 Å². The van der Waals surface area contributed by atoms with Gasteiger partial charge in [-0.1, -0.05) is 44.7 Å². The molecule has 5 nitrogen and oxygen atoms in total. The van der Waals surface area contributed by atoms with E-state index < -0.39 is 0 Å². The SMILES string of the molecule is CCCCC(CC)CNC(=O)CCN1C(=O)c2ccc(C)cc2C1=O. The van der Waals surface area contributed by atoms with Crippen molar-refractivity contribution in [3.63, 3.8) is 0 Å². The third kappa shape index (κ3) is 4.68. The fraction of sp³-hybridized carbons (Fsp3) is 0.550. The standard InChI is InChI=1S/C20H28N2O3/c1-4-6-7-15(5-2)13-21-18(23)10-11-22-19(24)16-9-8-14(3)12-17(16)20(22)25/h8-9,12,15H,4-7,10-11,13H2,1-3H3,(H,21,23). The van der Waals surface area contributed by atoms with Crippen molar-refractivity contribution in [2.45, 2.75) is 52.9 Å². The molecular weight excluding hydrogens is 316 g/mol. The summed E-state index contributed by atoms with van der Waals surface area (Å²) in [5, 5.41) is 2.94. The molecule has 136 valence electrons. The predicted octanol–water partition coefficient (Wildman–Crippen LogP) is 3.31. The first kappa shape index (κ1) is 19.2. The number of carbonyl (C=O) groups excluding carboxylic acids is 3. The number of rotatable bonds is 9. The van der Waals surface area contributed by atoms with E-state index >= 15 is 0 Å². The summed E-state index contributed by atoms with van der Waals surface area (Å²) in [4.78, 5) is 38.0. The molecule has 1 heterocycles. The number of carbonyl (C=O) groups is 3. The van der Waals surface area contributed by atoms with Crippen LogP contribution in [0, 0.1) is 12.8 Å². The van der Waals surface area contributed by atoms with E-state index in [2.05, 4.69) is 19.2 Å². The average molecular weight is 344 g/mol. The number of fused-ring (bicyclic) bond motifs is 1. The summed E-state index contributed by atoms with van der Waals surface area (Å²) < 4.78 is 0. The van der Waals surface area contributed by atoms with Crippen molar-refractivity contribution >= 4 is 17.7 Å². The van der Waals surface area contributed by atoms with Crippen LogP contribution < -0.4 is 5.32 Å². The largest absolute Gasteiger partial charge is 0.356 e. The molecule has 3 amide bonds. The van der Waals surface area contributed by atoms with Gasteiger partial charge >= 0.3 is 0 Å². The maximum Gasteiger partial charge on any atom is 0.261 e. The van der Waals surface area contributed by atoms with Crippen LogP contribution in [0.25, 0.3) is 0 Å². The lowest BCUT2D eigenvalue weighted by Crippen LogP contribution is -2.36. The van der Waals surface area contributed by atoms with Gasteiger partial charge in [0, 0.05) is 19.5 Å². The molecule has 1 aliphatic heterocycles. The van der Waals surface area contributed by atoms with Crippen molar-refractivity contribution in [3.8, 4) is 0 Å². The molecule has 0 spiro atoms. The van der Waals surface area contributed by atoms with Gasteiger partial charge in [0.1, 0.15) is 0 Å². The second-order valence-corrected chi connectivity index (χ2v) is 6.78. The summed E-state index contributed by atoms with van der Waals surface area (Å²) in [6.07, 6.45) is 4.63. The Bertz CT molecular complexity index is 654. The Morgan fingerprint density at radius 1 is 1.16 bits per heavy atom. The monoisotopic (exact) mass is 344 g/mol. The van der Waals surface area contributed by atoms with E-state index in [0.717, 1.165) is 24.8 Å². The minimum absolute atomic E-state index is 0.109. The normalized spacial score (nSPS) is 14.6. The number of unbranched alkanes of at least 4 members (excludes halogenated alkanes) is 1. The zero-order valence-electron chi connectivity index (χ0n) is 15.4. The summed E-state index contributed by atoms with van der Waals surface area (Å²) in [6, 6.07) is 5.24. The van der Waals surface area contributed by atoms with Crippen molar-refractivity contribution in [2.75, 3.05) is 13.1 Å². The van der Waals surface area contributed by atoms with Gasteiger partial charge in [-0.2, -0.15) is 0 Å². The van der Waals surface area contributed by atoms with Gasteiger partial charge in [0.15, 0.2) is 0 Å². The average Bonchev–Trinajstić information content (AvgIpc) is 2.83. The van der Waals surface area contributed by atoms with Crippen LogP contribution in [0.4, 0.5) is 0 Å². The molecule has 1 unspecified atom stereocenters. The molecule has 0 bridgehead atoms. The summed E-state index contributed by atoms with van der Waals surface area (Å²) in [5.74, 6) is -0.220. The molecule has 0 radical (unpaired) electrons. The van der Waals surface area contributed by atoms with Crippen LogP contribution in [0.5, 0.6) is 0 Å². The summed E-state index contributed by atoms with van der Waals surface area (Å²) in [5.41, 5.74) is 1.81. The predicted molar refractivity (Wildman–Crippen MR) is 97.5 cm³/mol. The topological polar surface area (TPSA) is 66.5 Å². The smallest absolute Gasteiger partial charge is 0.261 e. The highest BCUT2D eigenvalue weighted by Gasteiger charge is 2.35. The summed E-state index contributed by atoms with van der Waals surface area (Å²) in [6.45, 7) is 6.97. The van der Waals surface area contributed by atoms with Crippen molar-refractivity contribution in [1.82, 2.24) is 10.2 Å². The number of aryl methyl sites for hydroxylation is 1. The van der Waals surface area contributed by atoms with Gasteiger partial charge in [-0.05, 0) is 31.4 Å². The molecule has 1 aromatic carbocycles. The third-order valence-corrected chi connectivity index (χ3v) is 4.82. The molecule has 1 N–H and O–H groups in total. The number of hydrogen-bond acceptors (Lipinski definition) is 3. The maximum atomic E-state index is 12.4. The van der Waals surface area contributed by atoms with Crippen molar-refractivity contribution < 1.29 is 14.4 Å². The van der Waals surface area contributed by atoms with E-state index in [1.54, 1.807) is 12.1 Å². The number of imide groups is 1. The Kier molecular flexibility index (Phi) is 6.73. The molecule has 0 saturated carbocycles. The molecule has 0 aliphatic carbocycles. The lowest BCUT2D eigenvalue weighted by atomic mass is 9.99. The van der Waals surface area contributed by atoms with Crippen molar-refractivity contribution in [3.05, 3.63) is 34.9 Å². The molecule has 2 rings (SSSR count). The molecule has 25 heavy (non-hydrogen) atoms. The van der Waals surface area contributed by atoms with Crippen molar-refractivity contribution in [1.29, 1.82) is 0 Å². The highest BCUT2D eigenvalue weighted by atomic mass is 16.2. The molecule has 1 aliphatic rings. The van der Waals surface area contributed by atoms with Crippen LogP contribution in [-0.2, 0) is 4.79 Å². The first-order valence-corrected chi connectivity index (χ1v) is 9.21. The quantitative estimate of drug-likeness (QED) is 0.699. The van der Waals surface area contributed by atoms with Crippen LogP contribution in [0.1, 0.15) is 72.2 Å². The van der Waals surface area contributed by atoms with E-state index in [1.165, 1.54) is 11.3 Å². The van der Waals surface area contributed by atoms with Crippen LogP contribution in [0.2, 0.25) is 0 Å². The van der Waals surface area contributed by atoms with E-state index in [4.69, 9.17) is 0 Å². The van der Waals surface area contributed by atoms with Crippen LogP contribution in [0.3, 0.4) is 0 Å². The number of nitrogens with one attached hydrogen (secondary N) is 1. The highest BCUT2D eigenvalue weighted by Crippen LogP contribution is 2.23. The van der Waals surface area contributed by atoms with Gasteiger partial charge in [-0.15, -0.1) is 0 Å². The lowest BCUT2D eigenvalue weighted by Gasteiger charge is -2.17. The van der Waals surface area contributed by atoms with Gasteiger partial charge in [0.05, 0.1) is 11.1 Å². The summed E-state index contributed by atoms with van der Waals surface area (Å²) in [7, 11) is 0. The fourth-order valence-electron chi connectivity index (χ4n) is 3.11. The lowest BCUT2D eigenvalue weighted by molar-refractivity contribution is -0.121. The number of hydrogen-bond donors (Lipinski definition) is 1. The van der Waals surface area contributed by atoms with Crippen LogP contribution in [0.15, 0.2) is 18.2 Å². The first-order chi connectivity index (χ1) is 12.0. The second-order valence-electron chi connectivity index (χ2n) is 6.78. The molecule has 5 heteroatoms. The van der Waals surface area contributed by atoms with E-state index in [-0.39, 0.29) is 30.7 Å². The zero-order valence-corrected chi connectivity index (χ0v) is 15.4. The highest BCUT2D eigenvalue weighted by molar-refractivity contribution is 6.21. The van der Waals surface area contributed by atoms with Crippen molar-refractivity contribution in [2.24, 2.45) is 5.92 Å². The zero-order chi connectivity index (χ0) is 18.4. The Balaban J connectivity index is 1.84. The Hall–Kier alpha value is -2.17. The minimum Gasteiger partial charge on any atom is -0.356 e. The maximum absolute atomic E-state index is 12.4. The molecule has 0 saturated heterocycles. The minimum atomic E-state index is -0.304. The number of benzene rings is 1. The van der Waals surface area contributed by atoms with Gasteiger partial charge in [0.25, 0.3) is 11.8 Å². The van der Waals surface area contributed by atoms with E-state index in [9.17, 15) is 14.4 Å². The number of nitrogens with zero attached hydrogens (tertiary/aromatic N) is 1. The number of amides is 3. The first-order valence-electron chi connectivity index (χ1n) is 9.21. The Morgan fingerprint density at radius 3 is 2.56 bits per heavy atom. The fourth-order valence-corrected chi connectivity index (χ4v) is 3.11. The molecule has 0 fully saturated rings. The van der Waals surface area contributed by atoms with E-state index in [1.807, 2.05) is 13.0 Å². The molecule has 1 atom stereocenters.